The number of carbonyl (C=O) groups is 1. The average molecular weight is 431 g/mol. The first-order valence-electron chi connectivity index (χ1n) is 9.73. The van der Waals surface area contributed by atoms with Crippen LogP contribution in [0.15, 0.2) is 30.3 Å². The number of carbonyl (C=O) groups excluding carboxylic acids is 1. The van der Waals surface area contributed by atoms with Gasteiger partial charge in [0.15, 0.2) is 11.5 Å². The Hall–Kier alpha value is -2.37. The highest BCUT2D eigenvalue weighted by atomic mass is 35.5. The fourth-order valence-electron chi connectivity index (χ4n) is 4.25. The van der Waals surface area contributed by atoms with E-state index < -0.39 is 0 Å². The van der Waals surface area contributed by atoms with E-state index in [4.69, 9.17) is 32.7 Å². The predicted octanol–water partition coefficient (Wildman–Crippen LogP) is 4.81. The lowest BCUT2D eigenvalue weighted by Crippen LogP contribution is -2.38. The molecule has 0 fully saturated rings. The molecule has 29 heavy (non-hydrogen) atoms. The van der Waals surface area contributed by atoms with E-state index in [9.17, 15) is 4.79 Å². The molecule has 150 valence electrons. The summed E-state index contributed by atoms with van der Waals surface area (Å²) in [6.45, 7) is 0.257. The summed E-state index contributed by atoms with van der Waals surface area (Å²) in [6.07, 6.45) is 3.66. The summed E-state index contributed by atoms with van der Waals surface area (Å²) in [4.78, 5) is 16.0. The molecular weight excluding hydrogens is 411 g/mol. The molecule has 0 radical (unpaired) electrons. The second kappa shape index (κ2) is 7.47. The van der Waals surface area contributed by atoms with Crippen molar-refractivity contribution in [3.05, 3.63) is 57.2 Å². The number of aryl methyl sites for hydroxylation is 2. The van der Waals surface area contributed by atoms with Gasteiger partial charge in [0.1, 0.15) is 0 Å². The van der Waals surface area contributed by atoms with Crippen LogP contribution in [-0.2, 0) is 24.1 Å². The third-order valence-electron chi connectivity index (χ3n) is 5.64. The summed E-state index contributed by atoms with van der Waals surface area (Å²) in [5, 5.41) is 5.48. The van der Waals surface area contributed by atoms with Crippen LogP contribution in [0.2, 0.25) is 10.0 Å². The van der Waals surface area contributed by atoms with Crippen molar-refractivity contribution in [3.8, 4) is 11.5 Å². The molecule has 0 bridgehead atoms. The maximum atomic E-state index is 12.5. The van der Waals surface area contributed by atoms with E-state index >= 15 is 0 Å². The summed E-state index contributed by atoms with van der Waals surface area (Å²) < 4.78 is 10.7. The van der Waals surface area contributed by atoms with Crippen molar-refractivity contribution in [2.45, 2.75) is 38.1 Å². The first kappa shape index (κ1) is 18.6. The van der Waals surface area contributed by atoms with E-state index in [0.717, 1.165) is 47.2 Å². The minimum absolute atomic E-state index is 0.0603. The smallest absolute Gasteiger partial charge is 0.231 e. The minimum atomic E-state index is 0.0603. The number of halogens is 2. The SMILES string of the molecule is O=C(CCc1ccc2c(c1)OCO2)NC1CCc2[nH]c3cc(Cl)cc(Cl)c3c2C1. The number of hydrogen-bond donors (Lipinski definition) is 2. The number of ether oxygens (including phenoxy) is 2. The first-order valence-corrected chi connectivity index (χ1v) is 10.5. The van der Waals surface area contributed by atoms with Crippen LogP contribution in [0.25, 0.3) is 10.9 Å². The van der Waals surface area contributed by atoms with Gasteiger partial charge in [0.25, 0.3) is 0 Å². The number of amides is 1. The summed E-state index contributed by atoms with van der Waals surface area (Å²) in [5.74, 6) is 1.57. The molecule has 2 aliphatic rings. The van der Waals surface area contributed by atoms with Gasteiger partial charge in [-0.3, -0.25) is 4.79 Å². The number of H-pyrrole nitrogens is 1. The van der Waals surface area contributed by atoms with E-state index in [0.29, 0.717) is 22.9 Å². The molecule has 1 aliphatic carbocycles. The molecule has 1 aromatic heterocycles. The van der Waals surface area contributed by atoms with Gasteiger partial charge in [0.2, 0.25) is 12.7 Å². The number of hydrogen-bond acceptors (Lipinski definition) is 3. The van der Waals surface area contributed by atoms with Crippen LogP contribution in [-0.4, -0.2) is 23.7 Å². The maximum Gasteiger partial charge on any atom is 0.231 e. The third-order valence-corrected chi connectivity index (χ3v) is 6.16. The number of fused-ring (bicyclic) bond motifs is 4. The lowest BCUT2D eigenvalue weighted by Gasteiger charge is -2.24. The number of aromatic nitrogens is 1. The number of benzene rings is 2. The Labute approximate surface area is 178 Å². The van der Waals surface area contributed by atoms with Crippen molar-refractivity contribution in [1.82, 2.24) is 10.3 Å². The molecular formula is C22H20Cl2N2O3. The third kappa shape index (κ3) is 3.65. The number of rotatable bonds is 4. The Bertz CT molecular complexity index is 1110. The first-order chi connectivity index (χ1) is 14.1. The molecule has 2 heterocycles. The van der Waals surface area contributed by atoms with E-state index in [2.05, 4.69) is 10.3 Å². The molecule has 1 atom stereocenters. The van der Waals surface area contributed by atoms with Crippen molar-refractivity contribution in [2.24, 2.45) is 0 Å². The van der Waals surface area contributed by atoms with Crippen molar-refractivity contribution in [1.29, 1.82) is 0 Å². The van der Waals surface area contributed by atoms with E-state index in [1.807, 2.05) is 24.3 Å². The predicted molar refractivity (Wildman–Crippen MR) is 113 cm³/mol. The quantitative estimate of drug-likeness (QED) is 0.623. The van der Waals surface area contributed by atoms with E-state index in [1.165, 1.54) is 11.3 Å². The van der Waals surface area contributed by atoms with Crippen molar-refractivity contribution >= 4 is 40.0 Å². The van der Waals surface area contributed by atoms with Gasteiger partial charge < -0.3 is 19.8 Å². The molecule has 0 spiro atoms. The minimum Gasteiger partial charge on any atom is -0.454 e. The molecule has 5 nitrogen and oxygen atoms in total. The maximum absolute atomic E-state index is 12.5. The van der Waals surface area contributed by atoms with Crippen molar-refractivity contribution in [3.63, 3.8) is 0 Å². The van der Waals surface area contributed by atoms with Gasteiger partial charge in [-0.05, 0) is 61.1 Å². The van der Waals surface area contributed by atoms with Gasteiger partial charge in [-0.15, -0.1) is 0 Å². The number of aromatic amines is 1. The largest absolute Gasteiger partial charge is 0.454 e. The second-order valence-corrected chi connectivity index (χ2v) is 8.43. The van der Waals surface area contributed by atoms with E-state index in [-0.39, 0.29) is 18.7 Å². The normalized spacial score (nSPS) is 17.4. The average Bonchev–Trinajstić information content (AvgIpc) is 3.29. The van der Waals surface area contributed by atoms with Gasteiger partial charge >= 0.3 is 0 Å². The molecule has 0 saturated heterocycles. The highest BCUT2D eigenvalue weighted by molar-refractivity contribution is 6.38. The summed E-state index contributed by atoms with van der Waals surface area (Å²) in [5.41, 5.74) is 4.40. The highest BCUT2D eigenvalue weighted by Gasteiger charge is 2.25. The van der Waals surface area contributed by atoms with Gasteiger partial charge in [-0.25, -0.2) is 0 Å². The second-order valence-electron chi connectivity index (χ2n) is 7.59. The van der Waals surface area contributed by atoms with Crippen LogP contribution in [0.1, 0.15) is 29.7 Å². The molecule has 7 heteroatoms. The van der Waals surface area contributed by atoms with Crippen LogP contribution >= 0.6 is 23.2 Å². The van der Waals surface area contributed by atoms with Crippen LogP contribution in [0.5, 0.6) is 11.5 Å². The zero-order chi connectivity index (χ0) is 20.0. The van der Waals surface area contributed by atoms with Gasteiger partial charge in [-0.1, -0.05) is 29.3 Å². The van der Waals surface area contributed by atoms with Crippen LogP contribution < -0.4 is 14.8 Å². The van der Waals surface area contributed by atoms with Crippen LogP contribution in [0.4, 0.5) is 0 Å². The standard InChI is InChI=1S/C22H20Cl2N2O3/c23-13-8-16(24)22-15-10-14(3-4-17(15)26-18(22)9-13)25-21(27)6-2-12-1-5-19-20(7-12)29-11-28-19/h1,5,7-9,14,26H,2-4,6,10-11H2,(H,25,27). The summed E-state index contributed by atoms with van der Waals surface area (Å²) in [7, 11) is 0. The molecule has 2 aromatic carbocycles. The summed E-state index contributed by atoms with van der Waals surface area (Å²) in [6, 6.07) is 9.60. The Morgan fingerprint density at radius 2 is 2.03 bits per heavy atom. The molecule has 1 aliphatic heterocycles. The Morgan fingerprint density at radius 1 is 1.17 bits per heavy atom. The van der Waals surface area contributed by atoms with E-state index in [1.54, 1.807) is 6.07 Å². The monoisotopic (exact) mass is 430 g/mol. The van der Waals surface area contributed by atoms with Crippen LogP contribution in [0, 0.1) is 0 Å². The zero-order valence-corrected chi connectivity index (χ0v) is 17.2. The number of nitrogens with one attached hydrogen (secondary N) is 2. The molecule has 3 aromatic rings. The topological polar surface area (TPSA) is 63.4 Å². The zero-order valence-electron chi connectivity index (χ0n) is 15.7. The summed E-state index contributed by atoms with van der Waals surface area (Å²) >= 11 is 12.6. The fourth-order valence-corrected chi connectivity index (χ4v) is 4.86. The van der Waals surface area contributed by atoms with Crippen LogP contribution in [0.3, 0.4) is 0 Å². The highest BCUT2D eigenvalue weighted by Crippen LogP contribution is 2.36. The van der Waals surface area contributed by atoms with Gasteiger partial charge in [-0.2, -0.15) is 0 Å². The lowest BCUT2D eigenvalue weighted by molar-refractivity contribution is -0.121. The molecule has 1 amide bonds. The Kier molecular flexibility index (Phi) is 4.80. The Morgan fingerprint density at radius 3 is 2.93 bits per heavy atom. The lowest BCUT2D eigenvalue weighted by atomic mass is 9.91. The Balaban J connectivity index is 1.23. The van der Waals surface area contributed by atoms with Gasteiger partial charge in [0, 0.05) is 34.1 Å². The van der Waals surface area contributed by atoms with Gasteiger partial charge in [0.05, 0.1) is 5.02 Å². The molecule has 5 rings (SSSR count). The molecule has 1 unspecified atom stereocenters. The molecule has 0 saturated carbocycles. The van der Waals surface area contributed by atoms with Crippen molar-refractivity contribution in [2.75, 3.05) is 6.79 Å². The fraction of sp³-hybridized carbons (Fsp3) is 0.318. The van der Waals surface area contributed by atoms with Crippen molar-refractivity contribution < 1.29 is 14.3 Å². The molecule has 2 N–H and O–H groups in total.